The van der Waals surface area contributed by atoms with Gasteiger partial charge in [0.25, 0.3) is 0 Å². The van der Waals surface area contributed by atoms with Crippen LogP contribution in [0.4, 0.5) is 0 Å². The molecule has 0 saturated heterocycles. The summed E-state index contributed by atoms with van der Waals surface area (Å²) >= 11 is 0. The highest BCUT2D eigenvalue weighted by Gasteiger charge is 2.24. The molecular weight excluding hydrogens is 484 g/mol. The van der Waals surface area contributed by atoms with Crippen molar-refractivity contribution in [3.05, 3.63) is 127 Å². The van der Waals surface area contributed by atoms with Crippen LogP contribution >= 0.6 is 0 Å². The first-order valence-corrected chi connectivity index (χ1v) is 14.0. The minimum Gasteiger partial charge on any atom is -0.335 e. The van der Waals surface area contributed by atoms with Gasteiger partial charge in [-0.25, -0.2) is 0 Å². The fraction of sp³-hybridized carbons (Fsp3) is 0.105. The van der Waals surface area contributed by atoms with Crippen LogP contribution in [0.3, 0.4) is 0 Å². The molecule has 8 rings (SSSR count). The van der Waals surface area contributed by atoms with E-state index in [-0.39, 0.29) is 5.54 Å². The standard InChI is InChI=1S/C38H30N2/c1-38(2,3)40-34-22-19-27-13-7-8-14-29(27)37(34)32-23-31-30-15-9-10-16-33(30)39(35(31)24-36(32)40)28-20-17-26(18-21-28)25-11-5-4-6-12-25/h4-24H,1-3H3. The van der Waals surface area contributed by atoms with E-state index in [2.05, 4.69) is 157 Å². The maximum absolute atomic E-state index is 2.53. The van der Waals surface area contributed by atoms with Gasteiger partial charge in [0.15, 0.2) is 0 Å². The Morgan fingerprint density at radius 3 is 1.90 bits per heavy atom. The van der Waals surface area contributed by atoms with Gasteiger partial charge in [0, 0.05) is 32.8 Å². The van der Waals surface area contributed by atoms with Gasteiger partial charge >= 0.3 is 0 Å². The lowest BCUT2D eigenvalue weighted by Crippen LogP contribution is -2.21. The molecule has 0 radical (unpaired) electrons. The molecule has 0 aliphatic rings. The Kier molecular flexibility index (Phi) is 4.82. The Hall–Kier alpha value is -4.82. The van der Waals surface area contributed by atoms with Crippen molar-refractivity contribution < 1.29 is 0 Å². The summed E-state index contributed by atoms with van der Waals surface area (Å²) in [5.41, 5.74) is 8.59. The fourth-order valence-corrected chi connectivity index (χ4v) is 6.68. The highest BCUT2D eigenvalue weighted by Crippen LogP contribution is 2.42. The predicted molar refractivity (Wildman–Crippen MR) is 172 cm³/mol. The summed E-state index contributed by atoms with van der Waals surface area (Å²) in [6.07, 6.45) is 0. The first-order valence-electron chi connectivity index (χ1n) is 14.0. The van der Waals surface area contributed by atoms with Crippen molar-refractivity contribution in [2.75, 3.05) is 0 Å². The number of fused-ring (bicyclic) bond motifs is 8. The Morgan fingerprint density at radius 2 is 1.12 bits per heavy atom. The number of para-hydroxylation sites is 1. The van der Waals surface area contributed by atoms with Crippen LogP contribution in [0, 0.1) is 0 Å². The van der Waals surface area contributed by atoms with Gasteiger partial charge in [-0.1, -0.05) is 91.0 Å². The molecule has 0 aliphatic heterocycles. The average molecular weight is 515 g/mol. The molecule has 8 aromatic rings. The second-order valence-electron chi connectivity index (χ2n) is 11.8. The first kappa shape index (κ1) is 23.1. The van der Waals surface area contributed by atoms with Gasteiger partial charge in [-0.2, -0.15) is 0 Å². The van der Waals surface area contributed by atoms with Crippen molar-refractivity contribution >= 4 is 54.4 Å². The van der Waals surface area contributed by atoms with Crippen LogP contribution in [-0.4, -0.2) is 9.13 Å². The summed E-state index contributed by atoms with van der Waals surface area (Å²) in [7, 11) is 0. The van der Waals surface area contributed by atoms with E-state index in [0.29, 0.717) is 0 Å². The van der Waals surface area contributed by atoms with Crippen LogP contribution in [0.2, 0.25) is 0 Å². The molecule has 0 fully saturated rings. The van der Waals surface area contributed by atoms with Crippen molar-refractivity contribution in [2.45, 2.75) is 26.3 Å². The van der Waals surface area contributed by atoms with E-state index >= 15 is 0 Å². The van der Waals surface area contributed by atoms with E-state index in [4.69, 9.17) is 0 Å². The second kappa shape index (κ2) is 8.34. The molecule has 2 heterocycles. The van der Waals surface area contributed by atoms with Crippen LogP contribution in [-0.2, 0) is 5.54 Å². The predicted octanol–water partition coefficient (Wildman–Crippen LogP) is 10.5. The van der Waals surface area contributed by atoms with E-state index in [1.807, 2.05) is 0 Å². The molecule has 6 aromatic carbocycles. The summed E-state index contributed by atoms with van der Waals surface area (Å²) < 4.78 is 4.96. The first-order chi connectivity index (χ1) is 19.5. The largest absolute Gasteiger partial charge is 0.335 e. The van der Waals surface area contributed by atoms with Crippen LogP contribution in [0.5, 0.6) is 0 Å². The summed E-state index contributed by atoms with van der Waals surface area (Å²) in [4.78, 5) is 0. The molecule has 0 aliphatic carbocycles. The molecule has 2 heteroatoms. The topological polar surface area (TPSA) is 9.86 Å². The molecule has 40 heavy (non-hydrogen) atoms. The van der Waals surface area contributed by atoms with Crippen molar-refractivity contribution in [3.8, 4) is 16.8 Å². The molecule has 0 atom stereocenters. The molecular formula is C38H30N2. The lowest BCUT2D eigenvalue weighted by molar-refractivity contribution is 0.423. The van der Waals surface area contributed by atoms with Gasteiger partial charge in [0.2, 0.25) is 0 Å². The van der Waals surface area contributed by atoms with Crippen LogP contribution in [0.1, 0.15) is 20.8 Å². The van der Waals surface area contributed by atoms with E-state index in [1.165, 1.54) is 71.2 Å². The van der Waals surface area contributed by atoms with Gasteiger partial charge in [-0.15, -0.1) is 0 Å². The number of hydrogen-bond acceptors (Lipinski definition) is 0. The molecule has 0 saturated carbocycles. The molecule has 0 amide bonds. The SMILES string of the molecule is CC(C)(C)n1c2cc3c(cc2c2c4ccccc4ccc21)c1ccccc1n3-c1ccc(-c2ccccc2)cc1. The van der Waals surface area contributed by atoms with E-state index < -0.39 is 0 Å². The quantitative estimate of drug-likeness (QED) is 0.217. The molecule has 2 nitrogen and oxygen atoms in total. The maximum atomic E-state index is 2.53. The zero-order valence-electron chi connectivity index (χ0n) is 23.0. The summed E-state index contributed by atoms with van der Waals surface area (Å²) in [5.74, 6) is 0. The monoisotopic (exact) mass is 514 g/mol. The highest BCUT2D eigenvalue weighted by molar-refractivity contribution is 6.24. The Labute approximate surface area is 233 Å². The minimum absolute atomic E-state index is 0.0791. The van der Waals surface area contributed by atoms with E-state index in [9.17, 15) is 0 Å². The molecule has 0 spiro atoms. The van der Waals surface area contributed by atoms with Gasteiger partial charge in [-0.3, -0.25) is 0 Å². The second-order valence-corrected chi connectivity index (χ2v) is 11.8. The normalized spacial score (nSPS) is 12.4. The zero-order valence-corrected chi connectivity index (χ0v) is 23.0. The summed E-state index contributed by atoms with van der Waals surface area (Å²) in [6, 6.07) is 46.6. The highest BCUT2D eigenvalue weighted by atomic mass is 15.1. The van der Waals surface area contributed by atoms with Crippen LogP contribution < -0.4 is 0 Å². The van der Waals surface area contributed by atoms with E-state index in [0.717, 1.165) is 0 Å². The number of aromatic nitrogens is 2. The number of hydrogen-bond donors (Lipinski definition) is 0. The van der Waals surface area contributed by atoms with Crippen LogP contribution in [0.15, 0.2) is 127 Å². The van der Waals surface area contributed by atoms with Crippen molar-refractivity contribution in [1.82, 2.24) is 9.13 Å². The zero-order chi connectivity index (χ0) is 27.0. The lowest BCUT2D eigenvalue weighted by Gasteiger charge is -2.24. The lowest BCUT2D eigenvalue weighted by atomic mass is 10.0. The van der Waals surface area contributed by atoms with Gasteiger partial charge < -0.3 is 9.13 Å². The number of benzene rings is 6. The smallest absolute Gasteiger partial charge is 0.0562 e. The summed E-state index contributed by atoms with van der Waals surface area (Å²) in [6.45, 7) is 6.93. The third-order valence-electron chi connectivity index (χ3n) is 8.35. The van der Waals surface area contributed by atoms with Crippen molar-refractivity contribution in [3.63, 3.8) is 0 Å². The third-order valence-corrected chi connectivity index (χ3v) is 8.35. The van der Waals surface area contributed by atoms with Gasteiger partial charge in [0.1, 0.15) is 0 Å². The van der Waals surface area contributed by atoms with Crippen LogP contribution in [0.25, 0.3) is 71.2 Å². The third kappa shape index (κ3) is 3.29. The molecule has 192 valence electrons. The molecule has 0 unspecified atom stereocenters. The average Bonchev–Trinajstić information content (AvgIpc) is 3.49. The summed E-state index contributed by atoms with van der Waals surface area (Å²) in [5, 5.41) is 7.82. The van der Waals surface area contributed by atoms with E-state index in [1.54, 1.807) is 0 Å². The number of nitrogens with zero attached hydrogens (tertiary/aromatic N) is 2. The van der Waals surface area contributed by atoms with Crippen molar-refractivity contribution in [2.24, 2.45) is 0 Å². The minimum atomic E-state index is -0.0791. The van der Waals surface area contributed by atoms with Gasteiger partial charge in [-0.05, 0) is 79.1 Å². The number of rotatable bonds is 2. The fourth-order valence-electron chi connectivity index (χ4n) is 6.68. The molecule has 0 bridgehead atoms. The maximum Gasteiger partial charge on any atom is 0.0562 e. The Bertz CT molecular complexity index is 2220. The Balaban J connectivity index is 1.49. The van der Waals surface area contributed by atoms with Gasteiger partial charge in [0.05, 0.1) is 22.1 Å². The van der Waals surface area contributed by atoms with Crippen molar-refractivity contribution in [1.29, 1.82) is 0 Å². The molecule has 2 aromatic heterocycles. The Morgan fingerprint density at radius 1 is 0.450 bits per heavy atom. The molecule has 0 N–H and O–H groups in total.